The predicted octanol–water partition coefficient (Wildman–Crippen LogP) is 0.940. The predicted molar refractivity (Wildman–Crippen MR) is 31.1 cm³/mol. The lowest BCUT2D eigenvalue weighted by molar-refractivity contribution is -0.110. The summed E-state index contributed by atoms with van der Waals surface area (Å²) in [6.07, 6.45) is 3.10. The van der Waals surface area contributed by atoms with E-state index in [1.807, 2.05) is 0 Å². The lowest BCUT2D eigenvalue weighted by Gasteiger charge is -1.90. The van der Waals surface area contributed by atoms with E-state index in [1.165, 1.54) is 0 Å². The zero-order valence-electron chi connectivity index (χ0n) is 4.67. The molecule has 0 bridgehead atoms. The van der Waals surface area contributed by atoms with Gasteiger partial charge < -0.3 is 9.53 Å². The maximum absolute atomic E-state index is 9.60. The van der Waals surface area contributed by atoms with Gasteiger partial charge in [0.05, 0.1) is 6.61 Å². The number of hydrogen-bond donors (Lipinski definition) is 0. The summed E-state index contributed by atoms with van der Waals surface area (Å²) in [5, 5.41) is 0. The van der Waals surface area contributed by atoms with Gasteiger partial charge in [0.25, 0.3) is 0 Å². The minimum absolute atomic E-state index is 0.147. The Morgan fingerprint density at radius 2 is 2.38 bits per heavy atom. The first-order valence-corrected chi connectivity index (χ1v) is 2.39. The molecule has 0 aromatic carbocycles. The first-order valence-electron chi connectivity index (χ1n) is 2.39. The molecule has 0 aromatic heterocycles. The number of ether oxygens (including phenoxy) is 1. The maximum Gasteiger partial charge on any atom is 0.145 e. The molecule has 0 aliphatic carbocycles. The summed E-state index contributed by atoms with van der Waals surface area (Å²) in [6.45, 7) is 5.15. The summed E-state index contributed by atoms with van der Waals surface area (Å²) in [7, 11) is 0. The lowest BCUT2D eigenvalue weighted by atomic mass is 10.5. The molecule has 0 unspecified atom stereocenters. The van der Waals surface area contributed by atoms with Crippen molar-refractivity contribution in [3.05, 3.63) is 19.3 Å². The molecular formula is C6H9O2. The van der Waals surface area contributed by atoms with Crippen molar-refractivity contribution in [1.29, 1.82) is 0 Å². The molecule has 8 heavy (non-hydrogen) atoms. The van der Waals surface area contributed by atoms with Gasteiger partial charge in [0, 0.05) is 0 Å². The molecule has 1 radical (unpaired) electrons. The summed E-state index contributed by atoms with van der Waals surface area (Å²) in [5.74, 6) is 0. The van der Waals surface area contributed by atoms with Crippen molar-refractivity contribution in [2.24, 2.45) is 0 Å². The molecule has 2 heteroatoms. The van der Waals surface area contributed by atoms with Gasteiger partial charge in [0.1, 0.15) is 12.9 Å². The number of hydrogen-bond acceptors (Lipinski definition) is 2. The van der Waals surface area contributed by atoms with Crippen LogP contribution in [0.3, 0.4) is 0 Å². The Morgan fingerprint density at radius 3 is 2.88 bits per heavy atom. The van der Waals surface area contributed by atoms with Gasteiger partial charge in [-0.25, -0.2) is 0 Å². The van der Waals surface area contributed by atoms with Gasteiger partial charge in [0.2, 0.25) is 0 Å². The summed E-state index contributed by atoms with van der Waals surface area (Å²) in [6, 6.07) is 0. The van der Waals surface area contributed by atoms with Crippen LogP contribution in [0.2, 0.25) is 0 Å². The average molecular weight is 113 g/mol. The smallest absolute Gasteiger partial charge is 0.145 e. The van der Waals surface area contributed by atoms with Crippen LogP contribution in [0.4, 0.5) is 0 Å². The number of aldehydes is 1. The van der Waals surface area contributed by atoms with Crippen molar-refractivity contribution in [2.75, 3.05) is 6.61 Å². The lowest BCUT2D eigenvalue weighted by Crippen LogP contribution is -1.90. The Balaban J connectivity index is 2.71. The molecule has 0 aliphatic heterocycles. The van der Waals surface area contributed by atoms with Gasteiger partial charge in [-0.2, -0.15) is 0 Å². The molecule has 0 heterocycles. The minimum atomic E-state index is 0.147. The van der Waals surface area contributed by atoms with Gasteiger partial charge in [-0.05, 0) is 6.42 Å². The third kappa shape index (κ3) is 5.37. The molecule has 0 N–H and O–H groups in total. The SMILES string of the molecule is C=CC[CH]OCC=O. The highest BCUT2D eigenvalue weighted by Crippen LogP contribution is 1.86. The molecule has 2 nitrogen and oxygen atoms in total. The molecule has 0 rings (SSSR count). The van der Waals surface area contributed by atoms with Crippen LogP contribution in [0, 0.1) is 6.61 Å². The van der Waals surface area contributed by atoms with E-state index < -0.39 is 0 Å². The van der Waals surface area contributed by atoms with Gasteiger partial charge in [0.15, 0.2) is 0 Å². The fourth-order valence-corrected chi connectivity index (χ4v) is 0.243. The largest absolute Gasteiger partial charge is 0.368 e. The third-order valence-corrected chi connectivity index (χ3v) is 0.545. The van der Waals surface area contributed by atoms with E-state index in [1.54, 1.807) is 12.7 Å². The van der Waals surface area contributed by atoms with E-state index in [0.717, 1.165) is 0 Å². The quantitative estimate of drug-likeness (QED) is 0.301. The standard InChI is InChI=1S/C6H9O2/c1-2-3-5-8-6-4-7/h2,4-5H,1,3,6H2. The van der Waals surface area contributed by atoms with Crippen molar-refractivity contribution < 1.29 is 9.53 Å². The molecule has 0 saturated heterocycles. The van der Waals surface area contributed by atoms with Crippen LogP contribution in [0.15, 0.2) is 12.7 Å². The fraction of sp³-hybridized carbons (Fsp3) is 0.333. The number of carbonyl (C=O) groups is 1. The fourth-order valence-electron chi connectivity index (χ4n) is 0.243. The summed E-state index contributed by atoms with van der Waals surface area (Å²) < 4.78 is 4.66. The monoisotopic (exact) mass is 113 g/mol. The Bertz CT molecular complexity index is 58.9. The van der Waals surface area contributed by atoms with Crippen molar-refractivity contribution in [2.45, 2.75) is 6.42 Å². The van der Waals surface area contributed by atoms with Gasteiger partial charge in [-0.15, -0.1) is 6.58 Å². The second kappa shape index (κ2) is 6.37. The van der Waals surface area contributed by atoms with Crippen LogP contribution in [-0.4, -0.2) is 12.9 Å². The molecule has 0 aliphatic rings. The maximum atomic E-state index is 9.60. The number of carbonyl (C=O) groups excluding carboxylic acids is 1. The van der Waals surface area contributed by atoms with E-state index in [0.29, 0.717) is 12.7 Å². The van der Waals surface area contributed by atoms with Crippen molar-refractivity contribution in [3.8, 4) is 0 Å². The van der Waals surface area contributed by atoms with Crippen molar-refractivity contribution in [3.63, 3.8) is 0 Å². The summed E-state index contributed by atoms with van der Waals surface area (Å²) in [4.78, 5) is 9.60. The van der Waals surface area contributed by atoms with E-state index in [2.05, 4.69) is 11.3 Å². The minimum Gasteiger partial charge on any atom is -0.368 e. The molecule has 0 aromatic rings. The average Bonchev–Trinajstić information content (AvgIpc) is 1.81. The first kappa shape index (κ1) is 7.37. The second-order valence-electron chi connectivity index (χ2n) is 1.19. The molecular weight excluding hydrogens is 104 g/mol. The van der Waals surface area contributed by atoms with Crippen LogP contribution >= 0.6 is 0 Å². The van der Waals surface area contributed by atoms with Crippen molar-refractivity contribution >= 4 is 6.29 Å². The second-order valence-corrected chi connectivity index (χ2v) is 1.19. The Labute approximate surface area is 49.1 Å². The molecule has 0 fully saturated rings. The van der Waals surface area contributed by atoms with Crippen LogP contribution in [0.25, 0.3) is 0 Å². The zero-order chi connectivity index (χ0) is 6.24. The van der Waals surface area contributed by atoms with Gasteiger partial charge >= 0.3 is 0 Å². The molecule has 0 spiro atoms. The van der Waals surface area contributed by atoms with Crippen LogP contribution in [-0.2, 0) is 9.53 Å². The van der Waals surface area contributed by atoms with Crippen molar-refractivity contribution in [1.82, 2.24) is 0 Å². The van der Waals surface area contributed by atoms with E-state index >= 15 is 0 Å². The van der Waals surface area contributed by atoms with E-state index in [9.17, 15) is 4.79 Å². The molecule has 0 amide bonds. The van der Waals surface area contributed by atoms with E-state index in [4.69, 9.17) is 0 Å². The highest BCUT2D eigenvalue weighted by atomic mass is 16.5. The highest BCUT2D eigenvalue weighted by molar-refractivity contribution is 5.50. The third-order valence-electron chi connectivity index (χ3n) is 0.545. The molecule has 0 atom stereocenters. The first-order chi connectivity index (χ1) is 3.91. The van der Waals surface area contributed by atoms with Gasteiger partial charge in [-0.1, -0.05) is 6.08 Å². The summed E-state index contributed by atoms with van der Waals surface area (Å²) in [5.41, 5.74) is 0. The van der Waals surface area contributed by atoms with Crippen LogP contribution in [0.5, 0.6) is 0 Å². The van der Waals surface area contributed by atoms with Crippen LogP contribution < -0.4 is 0 Å². The van der Waals surface area contributed by atoms with E-state index in [-0.39, 0.29) is 6.61 Å². The summed E-state index contributed by atoms with van der Waals surface area (Å²) >= 11 is 0. The number of rotatable bonds is 5. The zero-order valence-corrected chi connectivity index (χ0v) is 4.67. The molecule has 45 valence electrons. The Hall–Kier alpha value is -0.630. The van der Waals surface area contributed by atoms with Crippen LogP contribution in [0.1, 0.15) is 6.42 Å². The normalized spacial score (nSPS) is 8.50. The highest BCUT2D eigenvalue weighted by Gasteiger charge is 1.80. The topological polar surface area (TPSA) is 26.3 Å². The Morgan fingerprint density at radius 1 is 1.62 bits per heavy atom. The Kier molecular flexibility index (Phi) is 5.87. The molecule has 0 saturated carbocycles. The van der Waals surface area contributed by atoms with Gasteiger partial charge in [-0.3, -0.25) is 0 Å².